The van der Waals surface area contributed by atoms with Crippen LogP contribution >= 0.6 is 11.8 Å². The first-order valence-corrected chi connectivity index (χ1v) is 14.7. The summed E-state index contributed by atoms with van der Waals surface area (Å²) in [7, 11) is -0.898. The minimum absolute atomic E-state index is 0.134. The Morgan fingerprint density at radius 1 is 1.23 bits per heavy atom. The molecular formula is C26H30F3N3O5S2. The third kappa shape index (κ3) is 8.11. The van der Waals surface area contributed by atoms with Gasteiger partial charge in [-0.05, 0) is 71.0 Å². The predicted octanol–water partition coefficient (Wildman–Crippen LogP) is 4.23. The fraction of sp³-hybridized carbons (Fsp3) is 0.462. The van der Waals surface area contributed by atoms with E-state index in [1.165, 1.54) is 13.0 Å². The van der Waals surface area contributed by atoms with E-state index >= 15 is 4.39 Å². The van der Waals surface area contributed by atoms with E-state index in [4.69, 9.17) is 9.47 Å². The zero-order chi connectivity index (χ0) is 28.8. The van der Waals surface area contributed by atoms with Crippen LogP contribution in [0.15, 0.2) is 40.1 Å². The van der Waals surface area contributed by atoms with Crippen molar-refractivity contribution in [3.8, 4) is 11.8 Å². The maximum Gasteiger partial charge on any atom is 0.265 e. The van der Waals surface area contributed by atoms with Crippen molar-refractivity contribution < 1.29 is 35.9 Å². The van der Waals surface area contributed by atoms with Gasteiger partial charge in [0.25, 0.3) is 15.9 Å². The largest absolute Gasteiger partial charge is 0.485 e. The van der Waals surface area contributed by atoms with E-state index in [0.717, 1.165) is 36.4 Å². The Morgan fingerprint density at radius 2 is 1.97 bits per heavy atom. The van der Waals surface area contributed by atoms with Gasteiger partial charge in [0.15, 0.2) is 11.6 Å². The Morgan fingerprint density at radius 3 is 2.59 bits per heavy atom. The molecule has 0 bridgehead atoms. The Hall–Kier alpha value is -2.79. The van der Waals surface area contributed by atoms with Gasteiger partial charge in [0.2, 0.25) is 0 Å². The van der Waals surface area contributed by atoms with Gasteiger partial charge in [-0.3, -0.25) is 4.79 Å². The van der Waals surface area contributed by atoms with Gasteiger partial charge in [-0.1, -0.05) is 0 Å². The number of hydrogen-bond acceptors (Lipinski definition) is 8. The van der Waals surface area contributed by atoms with Gasteiger partial charge < -0.3 is 14.4 Å². The summed E-state index contributed by atoms with van der Waals surface area (Å²) in [4.78, 5) is 14.1. The fourth-order valence-electron chi connectivity index (χ4n) is 3.85. The summed E-state index contributed by atoms with van der Waals surface area (Å²) in [5.74, 6) is -3.79. The van der Waals surface area contributed by atoms with Crippen LogP contribution in [0.2, 0.25) is 0 Å². The van der Waals surface area contributed by atoms with Crippen LogP contribution in [-0.2, 0) is 19.6 Å². The maximum absolute atomic E-state index is 15.2. The number of nitrogens with one attached hydrogen (secondary N) is 1. The second-order valence-corrected chi connectivity index (χ2v) is 12.3. The van der Waals surface area contributed by atoms with Crippen molar-refractivity contribution in [1.82, 2.24) is 9.62 Å². The molecular weight excluding hydrogens is 555 g/mol. The minimum Gasteiger partial charge on any atom is -0.485 e. The Kier molecular flexibility index (Phi) is 10.3. The van der Waals surface area contributed by atoms with Crippen molar-refractivity contribution in [2.75, 3.05) is 33.0 Å². The number of amides is 1. The first-order valence-electron chi connectivity index (χ1n) is 12.2. The third-order valence-corrected chi connectivity index (χ3v) is 8.62. The molecule has 0 radical (unpaired) electrons. The highest BCUT2D eigenvalue weighted by Crippen LogP contribution is 2.31. The molecule has 2 aromatic rings. The van der Waals surface area contributed by atoms with Crippen LogP contribution in [0.5, 0.6) is 5.75 Å². The fourth-order valence-corrected chi connectivity index (χ4v) is 5.92. The SMILES string of the molecule is CN(C)CC[C@H](CSc1ccc(F)cc1F)Oc1c(F)cc(S(=O)(=O)NC(=O)[C@@]2(C)CCCCO2)cc1C#N. The Labute approximate surface area is 230 Å². The molecule has 0 saturated carbocycles. The molecule has 212 valence electrons. The van der Waals surface area contributed by atoms with Gasteiger partial charge in [-0.25, -0.2) is 26.3 Å². The molecule has 1 N–H and O–H groups in total. The van der Waals surface area contributed by atoms with Crippen LogP contribution in [-0.4, -0.2) is 63.9 Å². The molecule has 13 heteroatoms. The summed E-state index contributed by atoms with van der Waals surface area (Å²) in [6.07, 6.45) is 1.41. The minimum atomic E-state index is -4.53. The molecule has 1 aliphatic heterocycles. The summed E-state index contributed by atoms with van der Waals surface area (Å²) in [5, 5.41) is 9.66. The second kappa shape index (κ2) is 13.0. The first kappa shape index (κ1) is 30.7. The average molecular weight is 586 g/mol. The lowest BCUT2D eigenvalue weighted by Crippen LogP contribution is -2.50. The molecule has 1 aliphatic rings. The Bertz CT molecular complexity index is 1340. The molecule has 0 unspecified atom stereocenters. The van der Waals surface area contributed by atoms with E-state index in [1.54, 1.807) is 6.07 Å². The number of benzene rings is 2. The lowest BCUT2D eigenvalue weighted by atomic mass is 9.95. The smallest absolute Gasteiger partial charge is 0.265 e. The molecule has 1 amide bonds. The van der Waals surface area contributed by atoms with Crippen LogP contribution in [0.4, 0.5) is 13.2 Å². The molecule has 2 atom stereocenters. The molecule has 0 spiro atoms. The van der Waals surface area contributed by atoms with E-state index < -0.39 is 61.3 Å². The normalized spacial score (nSPS) is 18.4. The standard InChI is InChI=1S/C26H30F3N3O5S2/c1-26(9-4-5-11-36-26)25(33)31-39(34,35)20-12-17(15-30)24(22(29)14-20)37-19(8-10-32(2)3)16-38-23-7-6-18(27)13-21(23)28/h6-7,12-14,19H,4-5,8-11,16H2,1-3H3,(H,31,33)/t19-,26-/m1/s1. The quantitative estimate of drug-likeness (QED) is 0.391. The van der Waals surface area contributed by atoms with Crippen molar-refractivity contribution in [2.45, 2.75) is 54.1 Å². The zero-order valence-electron chi connectivity index (χ0n) is 21.8. The number of carbonyl (C=O) groups is 1. The summed E-state index contributed by atoms with van der Waals surface area (Å²) >= 11 is 1.04. The van der Waals surface area contributed by atoms with E-state index in [0.29, 0.717) is 38.5 Å². The molecule has 0 aromatic heterocycles. The van der Waals surface area contributed by atoms with Gasteiger partial charge in [0, 0.05) is 29.9 Å². The maximum atomic E-state index is 15.2. The zero-order valence-corrected chi connectivity index (χ0v) is 23.4. The number of carbonyl (C=O) groups excluding carboxylic acids is 1. The molecule has 0 aliphatic carbocycles. The molecule has 1 heterocycles. The molecule has 1 saturated heterocycles. The van der Waals surface area contributed by atoms with Crippen LogP contribution in [0.1, 0.15) is 38.2 Å². The van der Waals surface area contributed by atoms with Gasteiger partial charge in [0.05, 0.1) is 10.5 Å². The van der Waals surface area contributed by atoms with Crippen LogP contribution in [0.3, 0.4) is 0 Å². The molecule has 1 fully saturated rings. The van der Waals surface area contributed by atoms with E-state index in [1.807, 2.05) is 23.7 Å². The molecule has 3 rings (SSSR count). The average Bonchev–Trinajstić information content (AvgIpc) is 2.87. The summed E-state index contributed by atoms with van der Waals surface area (Å²) in [5.41, 5.74) is -1.73. The van der Waals surface area contributed by atoms with Gasteiger partial charge >= 0.3 is 0 Å². The highest BCUT2D eigenvalue weighted by molar-refractivity contribution is 7.99. The highest BCUT2D eigenvalue weighted by atomic mass is 32.2. The topological polar surface area (TPSA) is 109 Å². The van der Waals surface area contributed by atoms with Gasteiger partial charge in [-0.2, -0.15) is 5.26 Å². The first-order chi connectivity index (χ1) is 18.3. The number of halogens is 3. The Balaban J connectivity index is 1.83. The molecule has 39 heavy (non-hydrogen) atoms. The highest BCUT2D eigenvalue weighted by Gasteiger charge is 2.38. The predicted molar refractivity (Wildman–Crippen MR) is 139 cm³/mol. The number of ether oxygens (including phenoxy) is 2. The lowest BCUT2D eigenvalue weighted by molar-refractivity contribution is -0.148. The van der Waals surface area contributed by atoms with Gasteiger partial charge in [0.1, 0.15) is 29.4 Å². The second-order valence-electron chi connectivity index (χ2n) is 9.58. The lowest BCUT2D eigenvalue weighted by Gasteiger charge is -2.32. The molecule has 8 nitrogen and oxygen atoms in total. The summed E-state index contributed by atoms with van der Waals surface area (Å²) in [6.45, 7) is 2.31. The van der Waals surface area contributed by atoms with Crippen LogP contribution in [0, 0.1) is 28.8 Å². The third-order valence-electron chi connectivity index (χ3n) is 6.13. The van der Waals surface area contributed by atoms with Crippen molar-refractivity contribution >= 4 is 27.7 Å². The number of thioether (sulfide) groups is 1. The van der Waals surface area contributed by atoms with E-state index in [-0.39, 0.29) is 10.6 Å². The number of rotatable bonds is 11. The molecule has 2 aromatic carbocycles. The number of nitriles is 1. The van der Waals surface area contributed by atoms with Crippen LogP contribution < -0.4 is 9.46 Å². The van der Waals surface area contributed by atoms with Crippen molar-refractivity contribution in [1.29, 1.82) is 5.26 Å². The van der Waals surface area contributed by atoms with Crippen molar-refractivity contribution in [2.24, 2.45) is 0 Å². The summed E-state index contributed by atoms with van der Waals surface area (Å²) in [6, 6.07) is 6.50. The van der Waals surface area contributed by atoms with Crippen LogP contribution in [0.25, 0.3) is 0 Å². The van der Waals surface area contributed by atoms with E-state index in [9.17, 15) is 27.3 Å². The van der Waals surface area contributed by atoms with Crippen molar-refractivity contribution in [3.63, 3.8) is 0 Å². The monoisotopic (exact) mass is 585 g/mol. The number of sulfonamides is 1. The van der Waals surface area contributed by atoms with Gasteiger partial charge in [-0.15, -0.1) is 11.8 Å². The number of nitrogens with zero attached hydrogens (tertiary/aromatic N) is 2. The summed E-state index contributed by atoms with van der Waals surface area (Å²) < 4.78 is 81.6. The number of hydrogen-bond donors (Lipinski definition) is 1. The van der Waals surface area contributed by atoms with E-state index in [2.05, 4.69) is 0 Å². The van der Waals surface area contributed by atoms with Crippen molar-refractivity contribution in [3.05, 3.63) is 53.3 Å².